The molecule has 8 nitrogen and oxygen atoms in total. The Morgan fingerprint density at radius 1 is 1.29 bits per heavy atom. The van der Waals surface area contributed by atoms with Crippen LogP contribution < -0.4 is 10.2 Å². The number of carbonyl (C=O) groups excluding carboxylic acids is 1. The molecule has 1 aromatic rings. The summed E-state index contributed by atoms with van der Waals surface area (Å²) in [5, 5.41) is 17.6. The summed E-state index contributed by atoms with van der Waals surface area (Å²) in [5.74, 6) is 1.27. The van der Waals surface area contributed by atoms with Crippen molar-refractivity contribution >= 4 is 11.7 Å². The van der Waals surface area contributed by atoms with Crippen molar-refractivity contribution in [3.63, 3.8) is 0 Å². The summed E-state index contributed by atoms with van der Waals surface area (Å²) in [4.78, 5) is 20.1. The van der Waals surface area contributed by atoms with Gasteiger partial charge in [0.2, 0.25) is 5.91 Å². The van der Waals surface area contributed by atoms with E-state index >= 15 is 0 Å². The number of nitrogens with zero attached hydrogens (tertiary/aromatic N) is 4. The first-order valence-electron chi connectivity index (χ1n) is 13.4. The number of nitrogens with one attached hydrogen (secondary N) is 1. The number of likely N-dealkylation sites (tertiary alicyclic amines) is 1. The molecule has 4 heterocycles. The van der Waals surface area contributed by atoms with Crippen LogP contribution in [0.5, 0.6) is 0 Å². The Kier molecular flexibility index (Phi) is 8.20. The van der Waals surface area contributed by atoms with Crippen LogP contribution in [0.25, 0.3) is 0 Å². The van der Waals surface area contributed by atoms with Crippen LogP contribution in [0.15, 0.2) is 10.6 Å². The van der Waals surface area contributed by atoms with E-state index in [2.05, 4.69) is 48.0 Å². The number of anilines is 1. The van der Waals surface area contributed by atoms with E-state index in [0.29, 0.717) is 29.7 Å². The van der Waals surface area contributed by atoms with Gasteiger partial charge < -0.3 is 24.7 Å². The molecule has 2 unspecified atom stereocenters. The Labute approximate surface area is 205 Å². The molecule has 3 fully saturated rings. The lowest BCUT2D eigenvalue weighted by Gasteiger charge is -2.32. The number of aliphatic hydroxyl groups excluding tert-OH is 1. The van der Waals surface area contributed by atoms with E-state index in [4.69, 9.17) is 4.52 Å². The van der Waals surface area contributed by atoms with Crippen molar-refractivity contribution in [1.82, 2.24) is 20.3 Å². The predicted molar refractivity (Wildman–Crippen MR) is 134 cm³/mol. The van der Waals surface area contributed by atoms with Gasteiger partial charge in [0.1, 0.15) is 5.92 Å². The van der Waals surface area contributed by atoms with Gasteiger partial charge in [-0.25, -0.2) is 0 Å². The fourth-order valence-corrected chi connectivity index (χ4v) is 6.48. The standard InChI is InChI=1S/C26H45N5O3/c1-19(2)24(25(33)30-12-5-7-20(30)3)22-17-23(28-34-22)29(15-16-32)14-11-27-18-21-8-10-26(4)9-6-13-31(21)26/h17,19-21,24,27,32H,5-16,18H2,1-4H3/t20?,21-,24?,26+/m1/s1. The lowest BCUT2D eigenvalue weighted by molar-refractivity contribution is -0.134. The highest BCUT2D eigenvalue weighted by molar-refractivity contribution is 5.84. The molecule has 0 spiro atoms. The van der Waals surface area contributed by atoms with Gasteiger partial charge in [-0.3, -0.25) is 9.69 Å². The Morgan fingerprint density at radius 2 is 2.12 bits per heavy atom. The van der Waals surface area contributed by atoms with E-state index in [-0.39, 0.29) is 30.4 Å². The Bertz CT molecular complexity index is 814. The van der Waals surface area contributed by atoms with Gasteiger partial charge in [-0.1, -0.05) is 19.0 Å². The summed E-state index contributed by atoms with van der Waals surface area (Å²) in [5.41, 5.74) is 0.420. The highest BCUT2D eigenvalue weighted by atomic mass is 16.5. The fraction of sp³-hybridized carbons (Fsp3) is 0.846. The smallest absolute Gasteiger partial charge is 0.233 e. The highest BCUT2D eigenvalue weighted by Crippen LogP contribution is 2.41. The van der Waals surface area contributed by atoms with Crippen LogP contribution in [0.4, 0.5) is 5.82 Å². The molecule has 4 atom stereocenters. The van der Waals surface area contributed by atoms with Crippen LogP contribution in [0.2, 0.25) is 0 Å². The third-order valence-electron chi connectivity index (χ3n) is 8.49. The zero-order valence-electron chi connectivity index (χ0n) is 21.6. The van der Waals surface area contributed by atoms with Gasteiger partial charge in [0.25, 0.3) is 0 Å². The van der Waals surface area contributed by atoms with Gasteiger partial charge in [-0.2, -0.15) is 0 Å². The number of fused-ring (bicyclic) bond motifs is 1. The molecule has 1 aromatic heterocycles. The van der Waals surface area contributed by atoms with Gasteiger partial charge in [0, 0.05) is 56.4 Å². The molecule has 8 heteroatoms. The van der Waals surface area contributed by atoms with Crippen molar-refractivity contribution < 1.29 is 14.4 Å². The second-order valence-electron chi connectivity index (χ2n) is 11.2. The van der Waals surface area contributed by atoms with E-state index in [0.717, 1.165) is 39.0 Å². The molecule has 3 saturated heterocycles. The minimum absolute atomic E-state index is 0.0504. The molecule has 3 aliphatic heterocycles. The number of hydrogen-bond acceptors (Lipinski definition) is 7. The lowest BCUT2D eigenvalue weighted by Crippen LogP contribution is -2.45. The summed E-state index contributed by atoms with van der Waals surface area (Å²) < 4.78 is 5.73. The minimum atomic E-state index is -0.326. The Hall–Kier alpha value is -1.64. The molecular formula is C26H45N5O3. The topological polar surface area (TPSA) is 85.1 Å². The SMILES string of the molecule is CC(C)C(C(=O)N1CCCC1C)c1cc(N(CCO)CCNC[C@H]2CC[C@]3(C)CCCN23)no1. The number of aromatic nitrogens is 1. The average Bonchev–Trinajstić information content (AvgIpc) is 3.56. The van der Waals surface area contributed by atoms with Gasteiger partial charge >= 0.3 is 0 Å². The molecule has 34 heavy (non-hydrogen) atoms. The molecule has 0 aliphatic carbocycles. The number of hydrogen-bond donors (Lipinski definition) is 2. The summed E-state index contributed by atoms with van der Waals surface area (Å²) in [7, 11) is 0. The molecular weight excluding hydrogens is 430 g/mol. The molecule has 0 bridgehead atoms. The van der Waals surface area contributed by atoms with Crippen molar-refractivity contribution in [3.05, 3.63) is 11.8 Å². The first kappa shape index (κ1) is 25.5. The van der Waals surface area contributed by atoms with Crippen LogP contribution in [0, 0.1) is 5.92 Å². The van der Waals surface area contributed by atoms with Crippen molar-refractivity contribution in [2.45, 2.75) is 89.8 Å². The van der Waals surface area contributed by atoms with E-state index in [9.17, 15) is 9.90 Å². The molecule has 4 rings (SSSR count). The van der Waals surface area contributed by atoms with Gasteiger partial charge in [0.15, 0.2) is 11.6 Å². The average molecular weight is 476 g/mol. The monoisotopic (exact) mass is 475 g/mol. The first-order chi connectivity index (χ1) is 16.3. The van der Waals surface area contributed by atoms with Gasteiger partial charge in [-0.05, 0) is 64.8 Å². The highest BCUT2D eigenvalue weighted by Gasteiger charge is 2.45. The van der Waals surface area contributed by atoms with Crippen LogP contribution in [-0.2, 0) is 4.79 Å². The summed E-state index contributed by atoms with van der Waals surface area (Å²) >= 11 is 0. The zero-order valence-corrected chi connectivity index (χ0v) is 21.6. The van der Waals surface area contributed by atoms with Crippen LogP contribution in [0.1, 0.15) is 77.9 Å². The molecule has 1 amide bonds. The largest absolute Gasteiger partial charge is 0.395 e. The quantitative estimate of drug-likeness (QED) is 0.476. The Morgan fingerprint density at radius 3 is 2.82 bits per heavy atom. The molecule has 3 aliphatic rings. The molecule has 0 radical (unpaired) electrons. The maximum Gasteiger partial charge on any atom is 0.233 e. The molecule has 0 aromatic carbocycles. The third kappa shape index (κ3) is 5.29. The van der Waals surface area contributed by atoms with E-state index < -0.39 is 0 Å². The van der Waals surface area contributed by atoms with Crippen LogP contribution in [0.3, 0.4) is 0 Å². The summed E-state index contributed by atoms with van der Waals surface area (Å²) in [6.45, 7) is 13.8. The van der Waals surface area contributed by atoms with E-state index in [1.54, 1.807) is 0 Å². The molecule has 0 saturated carbocycles. The lowest BCUT2D eigenvalue weighted by atomic mass is 9.91. The van der Waals surface area contributed by atoms with Gasteiger partial charge in [0.05, 0.1) is 6.61 Å². The van der Waals surface area contributed by atoms with E-state index in [1.165, 1.54) is 32.2 Å². The molecule has 2 N–H and O–H groups in total. The third-order valence-corrected chi connectivity index (χ3v) is 8.49. The predicted octanol–water partition coefficient (Wildman–Crippen LogP) is 2.83. The fourth-order valence-electron chi connectivity index (χ4n) is 6.48. The number of rotatable bonds is 11. The second kappa shape index (κ2) is 11.0. The zero-order chi connectivity index (χ0) is 24.3. The second-order valence-corrected chi connectivity index (χ2v) is 11.2. The Balaban J connectivity index is 1.34. The molecule has 192 valence electrons. The van der Waals surface area contributed by atoms with Gasteiger partial charge in [-0.15, -0.1) is 0 Å². The van der Waals surface area contributed by atoms with Crippen molar-refractivity contribution in [1.29, 1.82) is 0 Å². The van der Waals surface area contributed by atoms with Crippen LogP contribution >= 0.6 is 0 Å². The maximum atomic E-state index is 13.3. The van der Waals surface area contributed by atoms with E-state index in [1.807, 2.05) is 11.0 Å². The first-order valence-corrected chi connectivity index (χ1v) is 13.4. The maximum absolute atomic E-state index is 13.3. The van der Waals surface area contributed by atoms with Crippen molar-refractivity contribution in [3.8, 4) is 0 Å². The summed E-state index contributed by atoms with van der Waals surface area (Å²) in [6, 6.07) is 2.82. The van der Waals surface area contributed by atoms with Crippen LogP contribution in [-0.4, -0.2) is 89.5 Å². The van der Waals surface area contributed by atoms with Crippen molar-refractivity contribution in [2.24, 2.45) is 5.92 Å². The number of aliphatic hydroxyl groups is 1. The van der Waals surface area contributed by atoms with Crippen molar-refractivity contribution in [2.75, 3.05) is 50.8 Å². The summed E-state index contributed by atoms with van der Waals surface area (Å²) in [6.07, 6.45) is 7.36. The minimum Gasteiger partial charge on any atom is -0.395 e. The number of amides is 1. The number of carbonyl (C=O) groups is 1. The normalized spacial score (nSPS) is 28.1.